The number of aliphatic hydroxyl groups is 1. The number of carbonyl (C=O) groups is 1. The van der Waals surface area contributed by atoms with Gasteiger partial charge in [0, 0.05) is 30.1 Å². The molecule has 0 aliphatic rings. The summed E-state index contributed by atoms with van der Waals surface area (Å²) in [5, 5.41) is 15.2. The highest BCUT2D eigenvalue weighted by Crippen LogP contribution is 2.38. The second kappa shape index (κ2) is 9.43. The molecule has 0 spiro atoms. The zero-order valence-corrected chi connectivity index (χ0v) is 16.5. The summed E-state index contributed by atoms with van der Waals surface area (Å²) in [6.45, 7) is 2.30. The average Bonchev–Trinajstić information content (AvgIpc) is 3.16. The molecule has 154 valence electrons. The molecule has 0 unspecified atom stereocenters. The van der Waals surface area contributed by atoms with Crippen LogP contribution in [0.1, 0.15) is 20.0 Å². The van der Waals surface area contributed by atoms with Crippen LogP contribution in [0.15, 0.2) is 54.9 Å². The largest absolute Gasteiger partial charge is 0.390 e. The van der Waals surface area contributed by atoms with Crippen molar-refractivity contribution in [1.29, 1.82) is 0 Å². The van der Waals surface area contributed by atoms with Crippen LogP contribution in [0.2, 0.25) is 0 Å². The monoisotopic (exact) mass is 421 g/mol. The van der Waals surface area contributed by atoms with Crippen LogP contribution in [0.3, 0.4) is 0 Å². The number of carbonyl (C=O) groups excluding carboxylic acids is 1. The number of fused-ring (bicyclic) bond motifs is 1. The lowest BCUT2D eigenvalue weighted by molar-refractivity contribution is 0.252. The summed E-state index contributed by atoms with van der Waals surface area (Å²) in [5.74, 6) is 0. The van der Waals surface area contributed by atoms with Crippen LogP contribution in [0.5, 0.6) is 0 Å². The number of hydrogen-bond acceptors (Lipinski definition) is 6. The van der Waals surface area contributed by atoms with Gasteiger partial charge in [-0.15, -0.1) is 0 Å². The fourth-order valence-electron chi connectivity index (χ4n) is 2.96. The Bertz CT molecular complexity index is 1140. The molecule has 0 bridgehead atoms. The summed E-state index contributed by atoms with van der Waals surface area (Å²) in [4.78, 5) is 25.3. The topological polar surface area (TPSA) is 100 Å². The minimum atomic E-state index is -0.282. The molecule has 7 nitrogen and oxygen atoms in total. The van der Waals surface area contributed by atoms with Gasteiger partial charge in [0.05, 0.1) is 28.2 Å². The maximum absolute atomic E-state index is 11.9. The van der Waals surface area contributed by atoms with Crippen LogP contribution in [0.4, 0.5) is 9.93 Å². The number of pyridine rings is 2. The number of nitrogens with zero attached hydrogens (tertiary/aromatic N) is 3. The van der Waals surface area contributed by atoms with E-state index in [1.807, 2.05) is 43.3 Å². The molecule has 0 fully saturated rings. The molecule has 3 aromatic heterocycles. The lowest BCUT2D eigenvalue weighted by atomic mass is 10.0. The first kappa shape index (κ1) is 21.4. The summed E-state index contributed by atoms with van der Waals surface area (Å²) in [6, 6.07) is 13.2. The van der Waals surface area contributed by atoms with E-state index in [-0.39, 0.29) is 20.1 Å². The minimum absolute atomic E-state index is 0. The van der Waals surface area contributed by atoms with Gasteiger partial charge in [0.25, 0.3) is 0 Å². The van der Waals surface area contributed by atoms with Gasteiger partial charge in [0.2, 0.25) is 0 Å². The van der Waals surface area contributed by atoms with Crippen molar-refractivity contribution in [3.05, 3.63) is 60.6 Å². The number of hydrogen-bond donors (Lipinski definition) is 3. The second-order valence-corrected chi connectivity index (χ2v) is 7.29. The highest BCUT2D eigenvalue weighted by atomic mass is 32.1. The first-order valence-corrected chi connectivity index (χ1v) is 9.96. The van der Waals surface area contributed by atoms with Gasteiger partial charge in [-0.3, -0.25) is 15.3 Å². The number of aliphatic hydroxyl groups excluding tert-OH is 1. The van der Waals surface area contributed by atoms with Crippen LogP contribution in [0.25, 0.3) is 32.6 Å². The van der Waals surface area contributed by atoms with E-state index in [1.54, 1.807) is 18.5 Å². The highest BCUT2D eigenvalue weighted by Gasteiger charge is 2.15. The Kier molecular flexibility index (Phi) is 6.71. The van der Waals surface area contributed by atoms with Gasteiger partial charge in [0.15, 0.2) is 5.13 Å². The summed E-state index contributed by atoms with van der Waals surface area (Å²) >= 11 is 1.41. The molecule has 30 heavy (non-hydrogen) atoms. The zero-order chi connectivity index (χ0) is 20.2. The molecular weight excluding hydrogens is 398 g/mol. The number of aromatic nitrogens is 3. The van der Waals surface area contributed by atoms with E-state index >= 15 is 0 Å². The second-order valence-electron chi connectivity index (χ2n) is 6.29. The maximum Gasteiger partial charge on any atom is 0.321 e. The SMILES string of the molecule is C.CCNC(=O)Nc1nc2cc(-c3ccc(CO)nc3)cc(-c3ccccn3)c2s1. The first-order chi connectivity index (χ1) is 14.2. The van der Waals surface area contributed by atoms with Crippen LogP contribution < -0.4 is 10.6 Å². The summed E-state index contributed by atoms with van der Waals surface area (Å²) < 4.78 is 0.944. The van der Waals surface area contributed by atoms with E-state index in [4.69, 9.17) is 0 Å². The molecule has 2 amide bonds. The van der Waals surface area contributed by atoms with Gasteiger partial charge >= 0.3 is 6.03 Å². The standard InChI is InChI=1S/C21H19N5O2S.CH4/c1-2-22-20(28)26-21-25-18-10-14(13-6-7-15(12-27)24-11-13)9-16(19(18)29-21)17-5-3-4-8-23-17;/h3-11,27H,2,12H2,1H3,(H2,22,25,26,28);1H4. The van der Waals surface area contributed by atoms with Crippen molar-refractivity contribution in [2.24, 2.45) is 0 Å². The van der Waals surface area contributed by atoms with E-state index in [1.165, 1.54) is 11.3 Å². The predicted octanol–water partition coefficient (Wildman–Crippen LogP) is 4.69. The molecule has 0 radical (unpaired) electrons. The quantitative estimate of drug-likeness (QED) is 0.434. The van der Waals surface area contributed by atoms with Crippen molar-refractivity contribution >= 4 is 32.7 Å². The zero-order valence-electron chi connectivity index (χ0n) is 15.7. The molecule has 0 aliphatic carbocycles. The molecule has 0 saturated carbocycles. The molecular formula is C22H23N5O2S. The molecule has 0 aliphatic heterocycles. The van der Waals surface area contributed by atoms with Gasteiger partial charge in [-0.1, -0.05) is 30.9 Å². The Morgan fingerprint density at radius 3 is 2.67 bits per heavy atom. The average molecular weight is 422 g/mol. The number of thiazole rings is 1. The summed E-state index contributed by atoms with van der Waals surface area (Å²) in [5.41, 5.74) is 4.99. The molecule has 3 N–H and O–H groups in total. The molecule has 1 aromatic carbocycles. The van der Waals surface area contributed by atoms with Crippen molar-refractivity contribution in [3.8, 4) is 22.4 Å². The third kappa shape index (κ3) is 4.45. The Hall–Kier alpha value is -3.36. The molecule has 8 heteroatoms. The molecule has 3 heterocycles. The fourth-order valence-corrected chi connectivity index (χ4v) is 3.92. The van der Waals surface area contributed by atoms with Crippen molar-refractivity contribution < 1.29 is 9.90 Å². The van der Waals surface area contributed by atoms with Gasteiger partial charge < -0.3 is 10.4 Å². The fraction of sp³-hybridized carbons (Fsp3) is 0.182. The number of urea groups is 1. The Morgan fingerprint density at radius 2 is 2.00 bits per heavy atom. The van der Waals surface area contributed by atoms with Crippen molar-refractivity contribution in [2.75, 3.05) is 11.9 Å². The number of nitrogens with one attached hydrogen (secondary N) is 2. The van der Waals surface area contributed by atoms with E-state index < -0.39 is 0 Å². The predicted molar refractivity (Wildman–Crippen MR) is 121 cm³/mol. The van der Waals surface area contributed by atoms with Crippen LogP contribution in [-0.4, -0.2) is 32.6 Å². The number of benzene rings is 1. The smallest absolute Gasteiger partial charge is 0.321 e. The highest BCUT2D eigenvalue weighted by molar-refractivity contribution is 7.22. The molecule has 0 atom stereocenters. The van der Waals surface area contributed by atoms with Crippen LogP contribution >= 0.6 is 11.3 Å². The Morgan fingerprint density at radius 1 is 1.13 bits per heavy atom. The van der Waals surface area contributed by atoms with Crippen molar-refractivity contribution in [2.45, 2.75) is 21.0 Å². The normalized spacial score (nSPS) is 10.5. The van der Waals surface area contributed by atoms with Crippen molar-refractivity contribution in [3.63, 3.8) is 0 Å². The van der Waals surface area contributed by atoms with Gasteiger partial charge in [-0.2, -0.15) is 0 Å². The molecule has 0 saturated heterocycles. The third-order valence-corrected chi connectivity index (χ3v) is 5.33. The number of amides is 2. The van der Waals surface area contributed by atoms with Crippen LogP contribution in [-0.2, 0) is 6.61 Å². The minimum Gasteiger partial charge on any atom is -0.390 e. The Balaban J connectivity index is 0.00000256. The van der Waals surface area contributed by atoms with E-state index in [0.717, 1.165) is 32.6 Å². The first-order valence-electron chi connectivity index (χ1n) is 9.15. The van der Waals surface area contributed by atoms with E-state index in [9.17, 15) is 9.90 Å². The summed E-state index contributed by atoms with van der Waals surface area (Å²) in [7, 11) is 0. The van der Waals surface area contributed by atoms with Crippen molar-refractivity contribution in [1.82, 2.24) is 20.3 Å². The van der Waals surface area contributed by atoms with Gasteiger partial charge in [0.1, 0.15) is 0 Å². The molecule has 4 aromatic rings. The number of rotatable bonds is 5. The number of anilines is 1. The Labute approximate surface area is 178 Å². The lowest BCUT2D eigenvalue weighted by Crippen LogP contribution is -2.28. The van der Waals surface area contributed by atoms with Gasteiger partial charge in [-0.05, 0) is 42.8 Å². The summed E-state index contributed by atoms with van der Waals surface area (Å²) in [6.07, 6.45) is 3.48. The molecule has 4 rings (SSSR count). The van der Waals surface area contributed by atoms with Gasteiger partial charge in [-0.25, -0.2) is 9.78 Å². The van der Waals surface area contributed by atoms with Crippen LogP contribution in [0, 0.1) is 0 Å². The van der Waals surface area contributed by atoms with E-state index in [2.05, 4.69) is 25.6 Å². The lowest BCUT2D eigenvalue weighted by Gasteiger charge is -2.07. The maximum atomic E-state index is 11.9. The van der Waals surface area contributed by atoms with E-state index in [0.29, 0.717) is 17.4 Å². The third-order valence-electron chi connectivity index (χ3n) is 4.31.